The maximum absolute atomic E-state index is 14.0. The number of fused-ring (bicyclic) bond motifs is 2. The Bertz CT molecular complexity index is 2490. The van der Waals surface area contributed by atoms with E-state index in [0.29, 0.717) is 43.9 Å². The van der Waals surface area contributed by atoms with E-state index in [0.717, 1.165) is 77.2 Å². The fourth-order valence-electron chi connectivity index (χ4n) is 10.1. The standard InChI is InChI=1S/C51H65N3O10S2/c1-32(2)29-54(66(58,59)40-15-12-37(60-7)13-16-40)24-19-35(52-49(57)64-44-31-62-51(6)43(44)21-25-61-51)27-34-8-10-36(11-9-34)53-23-20-39(30-53)63-38-14-17-41(33(3)26-38)47-46(48(55)56)42-28-50(4,5)22-18-45(42)65-47/h8-17,26,32,35,39,43-44H,18-25,27-31H2,1-7H3,(H,52,57)(H,55,56)/t35-,39-,43+,44+,51-/m1/s1. The molecule has 3 aromatic carbocycles. The largest absolute Gasteiger partial charge is 0.497 e. The Morgan fingerprint density at radius 2 is 1.76 bits per heavy atom. The minimum atomic E-state index is -3.85. The van der Waals surface area contributed by atoms with Gasteiger partial charge in [-0.1, -0.05) is 39.8 Å². The van der Waals surface area contributed by atoms with Gasteiger partial charge in [-0.15, -0.1) is 11.3 Å². The van der Waals surface area contributed by atoms with Crippen LogP contribution in [0.1, 0.15) is 92.2 Å². The average Bonchev–Trinajstić information content (AvgIpc) is 4.05. The number of carboxylic acids is 1. The Morgan fingerprint density at radius 3 is 2.45 bits per heavy atom. The molecule has 5 atom stereocenters. The summed E-state index contributed by atoms with van der Waals surface area (Å²) in [5.74, 6) is -0.278. The number of rotatable bonds is 17. The third-order valence-electron chi connectivity index (χ3n) is 13.7. The van der Waals surface area contributed by atoms with Gasteiger partial charge >= 0.3 is 12.1 Å². The number of hydrogen-bond donors (Lipinski definition) is 2. The number of amides is 1. The van der Waals surface area contributed by atoms with Crippen molar-refractivity contribution >= 4 is 39.1 Å². The second-order valence-corrected chi connectivity index (χ2v) is 22.8. The summed E-state index contributed by atoms with van der Waals surface area (Å²) in [6.45, 7) is 15.1. The number of thiophene rings is 1. The first-order valence-electron chi connectivity index (χ1n) is 23.3. The molecule has 1 aromatic heterocycles. The predicted molar refractivity (Wildman–Crippen MR) is 255 cm³/mol. The van der Waals surface area contributed by atoms with E-state index >= 15 is 0 Å². The summed E-state index contributed by atoms with van der Waals surface area (Å²) >= 11 is 1.63. The molecule has 8 rings (SSSR count). The maximum atomic E-state index is 14.0. The smallest absolute Gasteiger partial charge is 0.407 e. The third kappa shape index (κ3) is 10.5. The quantitative estimate of drug-likeness (QED) is 0.104. The summed E-state index contributed by atoms with van der Waals surface area (Å²) < 4.78 is 58.9. The zero-order valence-corrected chi connectivity index (χ0v) is 40.9. The van der Waals surface area contributed by atoms with Gasteiger partial charge in [0.1, 0.15) is 23.7 Å². The number of sulfonamides is 1. The van der Waals surface area contributed by atoms with Crippen LogP contribution in [0.5, 0.6) is 11.5 Å². The Hall–Kier alpha value is -4.67. The molecular weight excluding hydrogens is 879 g/mol. The summed E-state index contributed by atoms with van der Waals surface area (Å²) in [7, 11) is -2.31. The lowest BCUT2D eigenvalue weighted by Gasteiger charge is -2.29. The Balaban J connectivity index is 0.925. The Kier molecular flexibility index (Phi) is 14.1. The van der Waals surface area contributed by atoms with Gasteiger partial charge in [0.15, 0.2) is 5.79 Å². The van der Waals surface area contributed by atoms with Crippen molar-refractivity contribution < 1.29 is 46.8 Å². The van der Waals surface area contributed by atoms with E-state index in [4.69, 9.17) is 23.7 Å². The molecule has 356 valence electrons. The molecule has 3 fully saturated rings. The van der Waals surface area contributed by atoms with Crippen molar-refractivity contribution in [2.75, 3.05) is 51.4 Å². The zero-order chi connectivity index (χ0) is 47.0. The summed E-state index contributed by atoms with van der Waals surface area (Å²) in [5, 5.41) is 13.4. The number of carbonyl (C=O) groups excluding carboxylic acids is 1. The van der Waals surface area contributed by atoms with Crippen LogP contribution in [0.15, 0.2) is 71.6 Å². The van der Waals surface area contributed by atoms with E-state index in [9.17, 15) is 23.1 Å². The van der Waals surface area contributed by atoms with Crippen molar-refractivity contribution in [3.05, 3.63) is 93.9 Å². The van der Waals surface area contributed by atoms with Gasteiger partial charge < -0.3 is 39.0 Å². The SMILES string of the molecule is COc1ccc(S(=O)(=O)N(CC[C@H](Cc2ccc(N3CC[C@@H](Oc4ccc(-c5sc6c(c5C(=O)O)CC(C)(C)CC6)c(C)c4)C3)cc2)NC(=O)O[C@H]2CO[C@@]3(C)OCC[C@@H]23)CC(C)C)cc1. The van der Waals surface area contributed by atoms with Crippen molar-refractivity contribution in [2.45, 2.75) is 115 Å². The van der Waals surface area contributed by atoms with Gasteiger partial charge in [0.25, 0.3) is 0 Å². The Morgan fingerprint density at radius 1 is 1.02 bits per heavy atom. The van der Waals surface area contributed by atoms with Gasteiger partial charge in [-0.3, -0.25) is 0 Å². The molecule has 0 bridgehead atoms. The highest BCUT2D eigenvalue weighted by atomic mass is 32.2. The lowest BCUT2D eigenvalue weighted by Crippen LogP contribution is -2.43. The second kappa shape index (κ2) is 19.5. The van der Waals surface area contributed by atoms with Crippen LogP contribution in [0.25, 0.3) is 10.4 Å². The van der Waals surface area contributed by atoms with Gasteiger partial charge in [-0.05, 0) is 141 Å². The van der Waals surface area contributed by atoms with Crippen LogP contribution < -0.4 is 19.7 Å². The summed E-state index contributed by atoms with van der Waals surface area (Å²) in [6.07, 6.45) is 4.10. The molecular formula is C51H65N3O10S2. The number of nitrogens with one attached hydrogen (secondary N) is 1. The highest BCUT2D eigenvalue weighted by Gasteiger charge is 2.53. The first-order valence-corrected chi connectivity index (χ1v) is 25.6. The van der Waals surface area contributed by atoms with E-state index in [1.165, 1.54) is 9.18 Å². The summed E-state index contributed by atoms with van der Waals surface area (Å²) in [4.78, 5) is 30.7. The van der Waals surface area contributed by atoms with Crippen molar-refractivity contribution in [3.63, 3.8) is 0 Å². The van der Waals surface area contributed by atoms with Crippen LogP contribution >= 0.6 is 11.3 Å². The summed E-state index contributed by atoms with van der Waals surface area (Å²) in [6, 6.07) is 20.3. The van der Waals surface area contributed by atoms with Crippen molar-refractivity contribution in [3.8, 4) is 21.9 Å². The van der Waals surface area contributed by atoms with Gasteiger partial charge in [-0.2, -0.15) is 4.31 Å². The number of ether oxygens (including phenoxy) is 5. The highest BCUT2D eigenvalue weighted by Crippen LogP contribution is 2.46. The topological polar surface area (TPSA) is 153 Å². The first-order chi connectivity index (χ1) is 31.4. The molecule has 15 heteroatoms. The minimum Gasteiger partial charge on any atom is -0.497 e. The fraction of sp³-hybridized carbons (Fsp3) is 0.529. The van der Waals surface area contributed by atoms with E-state index < -0.39 is 40.0 Å². The number of aromatic carboxylic acids is 1. The van der Waals surface area contributed by atoms with E-state index in [1.807, 2.05) is 45.9 Å². The molecule has 0 saturated carbocycles. The molecule has 4 heterocycles. The monoisotopic (exact) mass is 943 g/mol. The normalized spacial score (nSPS) is 22.9. The number of carbonyl (C=O) groups is 2. The molecule has 13 nitrogen and oxygen atoms in total. The molecule has 4 aromatic rings. The molecule has 0 radical (unpaired) electrons. The molecule has 1 amide bonds. The van der Waals surface area contributed by atoms with E-state index in [-0.39, 0.29) is 41.4 Å². The fourth-order valence-corrected chi connectivity index (χ4v) is 13.1. The number of carboxylic acid groups (broad SMARTS) is 1. The van der Waals surface area contributed by atoms with Crippen LogP contribution in [-0.4, -0.2) is 100 Å². The van der Waals surface area contributed by atoms with Gasteiger partial charge in [0.05, 0.1) is 43.2 Å². The number of aryl methyl sites for hydroxylation is 2. The molecule has 3 aliphatic heterocycles. The number of nitrogens with zero attached hydrogens (tertiary/aromatic N) is 2. The molecule has 2 N–H and O–H groups in total. The first kappa shape index (κ1) is 47.8. The molecule has 4 aliphatic rings. The molecule has 0 unspecified atom stereocenters. The number of benzene rings is 3. The van der Waals surface area contributed by atoms with Crippen LogP contribution in [0.3, 0.4) is 0 Å². The van der Waals surface area contributed by atoms with Crippen LogP contribution in [0, 0.1) is 24.2 Å². The average molecular weight is 944 g/mol. The zero-order valence-electron chi connectivity index (χ0n) is 39.3. The lowest BCUT2D eigenvalue weighted by molar-refractivity contribution is -0.181. The third-order valence-corrected chi connectivity index (χ3v) is 16.9. The Labute approximate surface area is 393 Å². The molecule has 1 aliphatic carbocycles. The van der Waals surface area contributed by atoms with E-state index in [1.54, 1.807) is 42.7 Å². The van der Waals surface area contributed by atoms with E-state index in [2.05, 4.69) is 48.3 Å². The predicted octanol–water partition coefficient (Wildman–Crippen LogP) is 9.13. The van der Waals surface area contributed by atoms with Crippen molar-refractivity contribution in [1.82, 2.24) is 9.62 Å². The van der Waals surface area contributed by atoms with Crippen molar-refractivity contribution in [2.24, 2.45) is 17.3 Å². The van der Waals surface area contributed by atoms with Crippen molar-refractivity contribution in [1.29, 1.82) is 0 Å². The minimum absolute atomic E-state index is 0.0257. The van der Waals surface area contributed by atoms with Crippen LogP contribution in [0.4, 0.5) is 10.5 Å². The number of hydrogen-bond acceptors (Lipinski definition) is 11. The van der Waals surface area contributed by atoms with Gasteiger partial charge in [0, 0.05) is 47.5 Å². The van der Waals surface area contributed by atoms with Crippen LogP contribution in [0.2, 0.25) is 0 Å². The van der Waals surface area contributed by atoms with Gasteiger partial charge in [0.2, 0.25) is 10.0 Å². The van der Waals surface area contributed by atoms with Crippen LogP contribution in [-0.2, 0) is 43.5 Å². The summed E-state index contributed by atoms with van der Waals surface area (Å²) in [5.41, 5.74) is 5.52. The molecule has 0 spiro atoms. The second-order valence-electron chi connectivity index (χ2n) is 19.8. The molecule has 66 heavy (non-hydrogen) atoms. The highest BCUT2D eigenvalue weighted by molar-refractivity contribution is 7.89. The van der Waals surface area contributed by atoms with Gasteiger partial charge in [-0.25, -0.2) is 18.0 Å². The molecule has 3 saturated heterocycles. The number of methoxy groups -OCH3 is 1. The maximum Gasteiger partial charge on any atom is 0.407 e. The number of alkyl carbamates (subject to hydrolysis) is 1. The number of anilines is 1. The lowest BCUT2D eigenvalue weighted by atomic mass is 9.76.